The fraction of sp³-hybridized carbons (Fsp3) is 0. The average molecular weight is 476 g/mol. The number of aromatic nitrogens is 3. The largest absolute Gasteiger partial charge is 0.383 e. The molecule has 3 N–H and O–H groups in total. The highest BCUT2D eigenvalue weighted by Gasteiger charge is 2.14. The van der Waals surface area contributed by atoms with Gasteiger partial charge in [-0.05, 0) is 72.8 Å². The molecule has 2 aromatic carbocycles. The molecule has 34 heavy (non-hydrogen) atoms. The number of rotatable bonds is 4. The summed E-state index contributed by atoms with van der Waals surface area (Å²) in [7, 11) is 0. The molecule has 0 atom stereocenters. The van der Waals surface area contributed by atoms with Gasteiger partial charge in [-0.3, -0.25) is 14.2 Å². The van der Waals surface area contributed by atoms with Gasteiger partial charge in [-0.2, -0.15) is 0 Å². The quantitative estimate of drug-likeness (QED) is 0.398. The summed E-state index contributed by atoms with van der Waals surface area (Å²) in [5.74, 6) is -0.476. The van der Waals surface area contributed by atoms with Crippen LogP contribution in [-0.4, -0.2) is 20.0 Å². The Hall–Kier alpha value is -4.43. The van der Waals surface area contributed by atoms with Crippen LogP contribution in [0.3, 0.4) is 0 Å². The lowest BCUT2D eigenvalue weighted by Gasteiger charge is -2.10. The molecule has 0 bridgehead atoms. The van der Waals surface area contributed by atoms with Gasteiger partial charge >= 0.3 is 0 Å². The molecule has 0 aliphatic carbocycles. The fourth-order valence-electron chi connectivity index (χ4n) is 3.69. The average Bonchev–Trinajstić information content (AvgIpc) is 3.26. The predicted octanol–water partition coefficient (Wildman–Crippen LogP) is 4.57. The summed E-state index contributed by atoms with van der Waals surface area (Å²) in [6, 6.07) is 19.5. The molecule has 3 heterocycles. The van der Waals surface area contributed by atoms with Crippen molar-refractivity contribution >= 4 is 40.7 Å². The molecule has 0 radical (unpaired) electrons. The van der Waals surface area contributed by atoms with Crippen LogP contribution in [0.5, 0.6) is 0 Å². The third-order valence-electron chi connectivity index (χ3n) is 5.35. The number of nitrogens with zero attached hydrogens (tertiary/aromatic N) is 3. The van der Waals surface area contributed by atoms with Crippen LogP contribution in [-0.2, 0) is 0 Å². The lowest BCUT2D eigenvalue weighted by atomic mass is 10.2. The van der Waals surface area contributed by atoms with Gasteiger partial charge in [-0.25, -0.2) is 9.37 Å². The number of carbonyl (C=O) groups excluding carboxylic acids is 1. The van der Waals surface area contributed by atoms with Crippen LogP contribution in [0.1, 0.15) is 10.4 Å². The Morgan fingerprint density at radius 2 is 1.56 bits per heavy atom. The number of anilines is 2. The molecule has 1 amide bonds. The van der Waals surface area contributed by atoms with Crippen molar-refractivity contribution in [2.75, 3.05) is 11.1 Å². The Balaban J connectivity index is 0.00000274. The zero-order valence-corrected chi connectivity index (χ0v) is 18.5. The number of halogens is 2. The van der Waals surface area contributed by atoms with Gasteiger partial charge in [0.15, 0.2) is 0 Å². The van der Waals surface area contributed by atoms with Crippen LogP contribution < -0.4 is 16.6 Å². The first-order valence-electron chi connectivity index (χ1n) is 10.1. The van der Waals surface area contributed by atoms with E-state index < -0.39 is 17.3 Å². The predicted molar refractivity (Wildman–Crippen MR) is 133 cm³/mol. The van der Waals surface area contributed by atoms with Crippen LogP contribution >= 0.6 is 12.4 Å². The van der Waals surface area contributed by atoms with Crippen LogP contribution in [0.15, 0.2) is 96.2 Å². The van der Waals surface area contributed by atoms with Crippen LogP contribution in [0, 0.1) is 5.82 Å². The topological polar surface area (TPSA) is 94.9 Å². The van der Waals surface area contributed by atoms with Gasteiger partial charge in [0.2, 0.25) is 0 Å². The number of amides is 1. The fourth-order valence-corrected chi connectivity index (χ4v) is 3.69. The van der Waals surface area contributed by atoms with E-state index in [1.54, 1.807) is 24.4 Å². The summed E-state index contributed by atoms with van der Waals surface area (Å²) in [5, 5.41) is 3.61. The van der Waals surface area contributed by atoms with Crippen molar-refractivity contribution < 1.29 is 9.18 Å². The molecule has 5 aromatic rings. The number of carbonyl (C=O) groups is 1. The molecule has 0 aliphatic rings. The lowest BCUT2D eigenvalue weighted by molar-refractivity contribution is 0.102. The van der Waals surface area contributed by atoms with E-state index in [0.29, 0.717) is 17.2 Å². The van der Waals surface area contributed by atoms with E-state index in [4.69, 9.17) is 5.73 Å². The van der Waals surface area contributed by atoms with Gasteiger partial charge in [0.25, 0.3) is 11.5 Å². The van der Waals surface area contributed by atoms with Gasteiger partial charge in [-0.1, -0.05) is 0 Å². The van der Waals surface area contributed by atoms with Crippen molar-refractivity contribution in [1.29, 1.82) is 0 Å². The SMILES string of the molecule is Cl.Nc1nccc2c1ccn2-c1ccc(NC(=O)c2cccn(-c3ccc(F)cc3)c2=O)cc1. The number of fused-ring (bicyclic) bond motifs is 1. The zero-order chi connectivity index (χ0) is 22.9. The molecule has 3 aromatic heterocycles. The Kier molecular flexibility index (Phi) is 6.16. The van der Waals surface area contributed by atoms with Crippen LogP contribution in [0.4, 0.5) is 15.9 Å². The first-order chi connectivity index (χ1) is 16.0. The first kappa shape index (κ1) is 22.8. The maximum atomic E-state index is 13.2. The first-order valence-corrected chi connectivity index (χ1v) is 10.1. The molecule has 5 rings (SSSR count). The minimum absolute atomic E-state index is 0. The Labute approximate surface area is 199 Å². The number of nitrogens with one attached hydrogen (secondary N) is 1. The Morgan fingerprint density at radius 1 is 0.882 bits per heavy atom. The van der Waals surface area contributed by atoms with Crippen LogP contribution in [0.25, 0.3) is 22.3 Å². The molecule has 7 nitrogen and oxygen atoms in total. The van der Waals surface area contributed by atoms with Gasteiger partial charge in [0.1, 0.15) is 17.2 Å². The maximum Gasteiger partial charge on any atom is 0.267 e. The lowest BCUT2D eigenvalue weighted by Crippen LogP contribution is -2.27. The molecule has 0 unspecified atom stereocenters. The minimum atomic E-state index is -0.533. The van der Waals surface area contributed by atoms with Crippen molar-refractivity contribution in [3.8, 4) is 11.4 Å². The summed E-state index contributed by atoms with van der Waals surface area (Å²) >= 11 is 0. The number of hydrogen-bond donors (Lipinski definition) is 2. The standard InChI is InChI=1S/C25H18FN5O2.ClH/c26-16-3-7-19(8-4-16)31-14-1-2-21(25(31)33)24(32)29-17-5-9-18(10-6-17)30-15-12-20-22(30)11-13-28-23(20)27;/h1-15H,(H2,27,28)(H,29,32);1H. The van der Waals surface area contributed by atoms with Gasteiger partial charge in [0, 0.05) is 41.0 Å². The smallest absolute Gasteiger partial charge is 0.267 e. The van der Waals surface area contributed by atoms with Crippen molar-refractivity contribution in [2.24, 2.45) is 0 Å². The van der Waals surface area contributed by atoms with E-state index in [1.165, 1.54) is 41.1 Å². The van der Waals surface area contributed by atoms with E-state index in [1.807, 2.05) is 35.0 Å². The molecular formula is C25H19ClFN5O2. The summed E-state index contributed by atoms with van der Waals surface area (Å²) in [6.07, 6.45) is 5.09. The van der Waals surface area contributed by atoms with Crippen LogP contribution in [0.2, 0.25) is 0 Å². The van der Waals surface area contributed by atoms with Crippen molar-refractivity contribution in [2.45, 2.75) is 0 Å². The highest BCUT2D eigenvalue weighted by Crippen LogP contribution is 2.24. The Bertz CT molecular complexity index is 1540. The number of pyridine rings is 2. The summed E-state index contributed by atoms with van der Waals surface area (Å²) in [5.41, 5.74) is 8.22. The summed E-state index contributed by atoms with van der Waals surface area (Å²) in [6.45, 7) is 0. The molecule has 0 aliphatic heterocycles. The highest BCUT2D eigenvalue weighted by molar-refractivity contribution is 6.04. The second-order valence-electron chi connectivity index (χ2n) is 7.39. The number of hydrogen-bond acceptors (Lipinski definition) is 4. The third-order valence-corrected chi connectivity index (χ3v) is 5.35. The molecule has 0 saturated carbocycles. The number of benzene rings is 2. The third kappa shape index (κ3) is 4.14. The normalized spacial score (nSPS) is 10.6. The van der Waals surface area contributed by atoms with E-state index >= 15 is 0 Å². The molecular weight excluding hydrogens is 457 g/mol. The molecule has 170 valence electrons. The van der Waals surface area contributed by atoms with Crippen molar-refractivity contribution in [1.82, 2.24) is 14.1 Å². The molecule has 0 saturated heterocycles. The highest BCUT2D eigenvalue weighted by atomic mass is 35.5. The van der Waals surface area contributed by atoms with Gasteiger partial charge in [-0.15, -0.1) is 12.4 Å². The maximum absolute atomic E-state index is 13.2. The molecule has 0 spiro atoms. The number of nitrogens with two attached hydrogens (primary N) is 1. The van der Waals surface area contributed by atoms with Gasteiger partial charge < -0.3 is 15.6 Å². The second kappa shape index (κ2) is 9.21. The van der Waals surface area contributed by atoms with Crippen molar-refractivity contribution in [3.63, 3.8) is 0 Å². The minimum Gasteiger partial charge on any atom is -0.383 e. The van der Waals surface area contributed by atoms with E-state index in [-0.39, 0.29) is 18.0 Å². The van der Waals surface area contributed by atoms with E-state index in [9.17, 15) is 14.0 Å². The van der Waals surface area contributed by atoms with E-state index in [2.05, 4.69) is 10.3 Å². The second-order valence-corrected chi connectivity index (χ2v) is 7.39. The molecule has 0 fully saturated rings. The van der Waals surface area contributed by atoms with Gasteiger partial charge in [0.05, 0.1) is 5.52 Å². The zero-order valence-electron chi connectivity index (χ0n) is 17.7. The summed E-state index contributed by atoms with van der Waals surface area (Å²) < 4.78 is 16.5. The molecule has 9 heteroatoms. The van der Waals surface area contributed by atoms with E-state index in [0.717, 1.165) is 16.6 Å². The van der Waals surface area contributed by atoms with Crippen molar-refractivity contribution in [3.05, 3.63) is 113 Å². The monoisotopic (exact) mass is 475 g/mol. The summed E-state index contributed by atoms with van der Waals surface area (Å²) in [4.78, 5) is 29.7. The number of nitrogen functional groups attached to an aromatic ring is 1. The Morgan fingerprint density at radius 3 is 2.29 bits per heavy atom.